The van der Waals surface area contributed by atoms with Crippen LogP contribution in [0, 0.1) is 17.8 Å². The predicted molar refractivity (Wildman–Crippen MR) is 380 cm³/mol. The zero-order valence-electron chi connectivity index (χ0n) is 59.7. The summed E-state index contributed by atoms with van der Waals surface area (Å²) in [7, 11) is 3.10. The van der Waals surface area contributed by atoms with E-state index in [0.717, 1.165) is 41.7 Å². The van der Waals surface area contributed by atoms with Gasteiger partial charge in [0.05, 0.1) is 174 Å². The Kier molecular flexibility index (Phi) is 31.2. The van der Waals surface area contributed by atoms with Gasteiger partial charge < -0.3 is 82.6 Å². The van der Waals surface area contributed by atoms with Crippen LogP contribution >= 0.6 is 0 Å². The Morgan fingerprint density at radius 2 is 1.03 bits per heavy atom. The summed E-state index contributed by atoms with van der Waals surface area (Å²) in [5.41, 5.74) is 5.58. The number of Topliss-reactive ketones (excluding diaryl/α,β-unsaturated/α-hetero) is 1. The summed E-state index contributed by atoms with van der Waals surface area (Å²) in [6.45, 7) is 12.3. The van der Waals surface area contributed by atoms with Crippen molar-refractivity contribution < 1.29 is 95.2 Å². The van der Waals surface area contributed by atoms with Crippen LogP contribution in [0.5, 0.6) is 23.0 Å². The highest BCUT2D eigenvalue weighted by atomic mass is 16.6. The number of carbonyl (C=O) groups is 8. The van der Waals surface area contributed by atoms with Gasteiger partial charge in [0, 0.05) is 99.5 Å². The number of imide groups is 1. The van der Waals surface area contributed by atoms with Crippen molar-refractivity contribution >= 4 is 82.2 Å². The lowest BCUT2D eigenvalue weighted by molar-refractivity contribution is -0.137. The molecule has 0 spiro atoms. The highest BCUT2D eigenvalue weighted by molar-refractivity contribution is 6.13. The number of ether oxygens (including phenoxy) is 12. The Bertz CT molecular complexity index is 3530. The van der Waals surface area contributed by atoms with Gasteiger partial charge in [0.15, 0.2) is 28.8 Å². The Balaban J connectivity index is 0.564. The maximum Gasteiger partial charge on any atom is 0.260 e. The van der Waals surface area contributed by atoms with Gasteiger partial charge >= 0.3 is 0 Å². The molecule has 3 N–H and O–H groups in total. The summed E-state index contributed by atoms with van der Waals surface area (Å²) in [5.74, 6) is -0.737. The van der Waals surface area contributed by atoms with Gasteiger partial charge in [-0.05, 0) is 91.3 Å². The number of nitrogens with one attached hydrogen (secondary N) is 3. The molecule has 4 atom stereocenters. The number of hydrogen-bond donors (Lipinski definition) is 3. The summed E-state index contributed by atoms with van der Waals surface area (Å²) in [6.07, 6.45) is 15.9. The van der Waals surface area contributed by atoms with Crippen LogP contribution in [0.25, 0.3) is 5.57 Å². The highest BCUT2D eigenvalue weighted by Gasteiger charge is 2.39. The van der Waals surface area contributed by atoms with Crippen molar-refractivity contribution in [3.63, 3.8) is 0 Å². The van der Waals surface area contributed by atoms with Gasteiger partial charge in [0.2, 0.25) is 17.7 Å². The fourth-order valence-electron chi connectivity index (χ4n) is 11.9. The third kappa shape index (κ3) is 23.9. The highest BCUT2D eigenvalue weighted by Crippen LogP contribution is 2.45. The minimum absolute atomic E-state index is 0.0299. The first-order valence-electron chi connectivity index (χ1n) is 35.6. The number of benzene rings is 3. The number of hydrogen-bond acceptors (Lipinski definition) is 22. The summed E-state index contributed by atoms with van der Waals surface area (Å²) in [4.78, 5) is 116. The van der Waals surface area contributed by atoms with Crippen molar-refractivity contribution in [2.24, 2.45) is 27.7 Å². The van der Waals surface area contributed by atoms with Gasteiger partial charge in [0.1, 0.15) is 0 Å². The normalized spacial score (nSPS) is 17.1. The topological polar surface area (TPSA) is 318 Å². The molecule has 0 aromatic heterocycles. The molecule has 9 rings (SSSR count). The predicted octanol–water partition coefficient (Wildman–Crippen LogP) is 7.16. The van der Waals surface area contributed by atoms with E-state index < -0.39 is 23.8 Å². The maximum atomic E-state index is 14.1. The van der Waals surface area contributed by atoms with Gasteiger partial charge in [0.25, 0.3) is 23.6 Å². The van der Waals surface area contributed by atoms with Crippen LogP contribution in [0.15, 0.2) is 88.6 Å². The molecule has 28 heteroatoms. The number of fused-ring (bicyclic) bond motifs is 4. The molecule has 1 fully saturated rings. The molecule has 3 aromatic carbocycles. The molecule has 0 radical (unpaired) electrons. The maximum absolute atomic E-state index is 14.1. The first-order valence-corrected chi connectivity index (χ1v) is 35.6. The number of methoxy groups -OCH3 is 2. The van der Waals surface area contributed by atoms with E-state index in [4.69, 9.17) is 66.8 Å². The molecule has 558 valence electrons. The third-order valence-electron chi connectivity index (χ3n) is 17.8. The summed E-state index contributed by atoms with van der Waals surface area (Å²) in [6, 6.07) is 13.1. The number of nitrogens with zero attached hydrogens (tertiary/aromatic N) is 5. The first kappa shape index (κ1) is 78.4. The largest absolute Gasteiger partial charge is 0.493 e. The molecule has 103 heavy (non-hydrogen) atoms. The second-order valence-corrected chi connectivity index (χ2v) is 25.8. The Morgan fingerprint density at radius 1 is 0.544 bits per heavy atom. The van der Waals surface area contributed by atoms with Crippen LogP contribution in [0.1, 0.15) is 111 Å². The van der Waals surface area contributed by atoms with Crippen LogP contribution in [0.2, 0.25) is 0 Å². The van der Waals surface area contributed by atoms with Gasteiger partial charge in [-0.2, -0.15) is 0 Å². The van der Waals surface area contributed by atoms with Gasteiger partial charge in [-0.1, -0.05) is 32.9 Å². The van der Waals surface area contributed by atoms with E-state index in [1.807, 2.05) is 44.6 Å². The van der Waals surface area contributed by atoms with Crippen LogP contribution in [-0.4, -0.2) is 239 Å². The van der Waals surface area contributed by atoms with Crippen LogP contribution in [0.3, 0.4) is 0 Å². The second kappa shape index (κ2) is 40.9. The number of aliphatic imine (C=N–C) groups is 2. The number of rotatable bonds is 49. The number of amides is 7. The van der Waals surface area contributed by atoms with E-state index in [2.05, 4.69) is 16.0 Å². The van der Waals surface area contributed by atoms with Crippen molar-refractivity contribution in [2.45, 2.75) is 103 Å². The van der Waals surface area contributed by atoms with E-state index in [0.29, 0.717) is 176 Å². The van der Waals surface area contributed by atoms with E-state index >= 15 is 0 Å². The Labute approximate surface area is 601 Å². The number of anilines is 1. The third-order valence-corrected chi connectivity index (χ3v) is 17.8. The average Bonchev–Trinajstić information content (AvgIpc) is 1.64. The van der Waals surface area contributed by atoms with Crippen molar-refractivity contribution in [1.82, 2.24) is 25.3 Å². The summed E-state index contributed by atoms with van der Waals surface area (Å²) in [5, 5.41) is 8.43. The molecular formula is C75H98N8O20. The minimum atomic E-state index is -0.784. The number of unbranched alkanes of at least 4 members (excludes halogenated alkanes) is 2. The molecular weight excluding hydrogens is 1330 g/mol. The molecule has 1 saturated carbocycles. The fourth-order valence-corrected chi connectivity index (χ4v) is 11.9. The number of ketones is 1. The molecule has 6 aliphatic rings. The lowest BCUT2D eigenvalue weighted by Crippen LogP contribution is -2.45. The molecule has 5 heterocycles. The van der Waals surface area contributed by atoms with E-state index in [1.54, 1.807) is 66.4 Å². The monoisotopic (exact) mass is 1430 g/mol. The SMILES string of the molecule is COc1cc2c(cc1OCCCCCOc1cc3c(cc1OC)C(=O)N1C=C(C4CC4)C[C@H]1C=N3)N=C[C@@H]1CC(c3ccc(NC(=O)[C@H](C)CC(=O)C(NC(=O)CCOCCOCCOCCOCCOCCOCCOCCOCCNC(=O)CCN4C(=O)C=CC4=O)C(C)C)cc3)=CN1C2=O. The minimum Gasteiger partial charge on any atom is -0.493 e. The summed E-state index contributed by atoms with van der Waals surface area (Å²) >= 11 is 0. The Morgan fingerprint density at radius 3 is 1.52 bits per heavy atom. The van der Waals surface area contributed by atoms with E-state index in [9.17, 15) is 38.4 Å². The van der Waals surface area contributed by atoms with Crippen molar-refractivity contribution in [1.29, 1.82) is 0 Å². The zero-order valence-corrected chi connectivity index (χ0v) is 59.7. The fraction of sp³-hybridized carbons (Fsp3) is 0.547. The lowest BCUT2D eigenvalue weighted by Gasteiger charge is -2.23. The smallest absolute Gasteiger partial charge is 0.260 e. The van der Waals surface area contributed by atoms with Crippen LogP contribution in [-0.2, 0) is 66.7 Å². The molecule has 0 bridgehead atoms. The van der Waals surface area contributed by atoms with Gasteiger partial charge in [-0.15, -0.1) is 0 Å². The van der Waals surface area contributed by atoms with E-state index in [-0.39, 0.29) is 92.3 Å². The quantitative estimate of drug-likeness (QED) is 0.0373. The second-order valence-electron chi connectivity index (χ2n) is 25.8. The Hall–Kier alpha value is -8.74. The molecule has 5 aliphatic heterocycles. The molecule has 28 nitrogen and oxygen atoms in total. The zero-order chi connectivity index (χ0) is 72.9. The molecule has 7 amide bonds. The van der Waals surface area contributed by atoms with Gasteiger partial charge in [-0.3, -0.25) is 53.2 Å². The van der Waals surface area contributed by atoms with Crippen LogP contribution in [0.4, 0.5) is 17.1 Å². The van der Waals surface area contributed by atoms with E-state index in [1.165, 1.54) is 37.7 Å². The van der Waals surface area contributed by atoms with Crippen molar-refractivity contribution in [3.05, 3.63) is 95.3 Å². The standard InChI is InChI=1S/C75H98N8O20/c1-50(2)72(80-69(86)18-23-94-25-27-96-29-31-98-33-35-100-37-38-101-36-34-99-32-30-97-28-26-95-24-19-76-68(85)17-20-81-70(87)15-16-71(81)88)63(84)39-51(3)73(89)79-56-13-11-53(12-14-56)55-41-58-47-78-62-45-67(65(93-5)43-60(62)75(91)83(58)49-55)103-22-8-6-7-21-102-66-44-61-59(42-64(66)92-4)74(90)82-48-54(52-9-10-52)40-57(82)46-77-61/h11-16,42-52,57-58,72H,6-10,17-41H2,1-5H3,(H,76,85)(H,79,89)(H,80,86)/t51-,57+,58+,72?/m1/s1. The van der Waals surface area contributed by atoms with Crippen LogP contribution < -0.4 is 34.9 Å². The molecule has 1 aliphatic carbocycles. The van der Waals surface area contributed by atoms with Crippen molar-refractivity contribution in [3.8, 4) is 23.0 Å². The van der Waals surface area contributed by atoms with Crippen molar-refractivity contribution in [2.75, 3.05) is 152 Å². The molecule has 3 aromatic rings. The number of carbonyl (C=O) groups excluding carboxylic acids is 8. The lowest BCUT2D eigenvalue weighted by atomic mass is 9.92. The molecule has 1 unspecified atom stereocenters. The first-order chi connectivity index (χ1) is 50.1. The summed E-state index contributed by atoms with van der Waals surface area (Å²) < 4.78 is 67.8. The molecule has 0 saturated heterocycles. The van der Waals surface area contributed by atoms with Gasteiger partial charge in [-0.25, -0.2) is 0 Å². The average molecular weight is 1430 g/mol.